The molecule has 1 aliphatic heterocycles. The number of anilines is 1. The van der Waals surface area contributed by atoms with E-state index in [4.69, 9.17) is 4.74 Å². The van der Waals surface area contributed by atoms with Crippen LogP contribution in [-0.2, 0) is 13.0 Å². The van der Waals surface area contributed by atoms with Crippen molar-refractivity contribution >= 4 is 22.5 Å². The summed E-state index contributed by atoms with van der Waals surface area (Å²) in [6, 6.07) is 6.46. The summed E-state index contributed by atoms with van der Waals surface area (Å²) in [5.74, 6) is 0.976. The molecule has 1 saturated carbocycles. The number of amides is 2. The average Bonchev–Trinajstić information content (AvgIpc) is 3.33. The van der Waals surface area contributed by atoms with Crippen LogP contribution in [0.3, 0.4) is 0 Å². The van der Waals surface area contributed by atoms with Crippen molar-refractivity contribution in [1.29, 1.82) is 0 Å². The zero-order valence-corrected chi connectivity index (χ0v) is 14.2. The van der Waals surface area contributed by atoms with Crippen LogP contribution in [0, 0.1) is 0 Å². The Morgan fingerprint density at radius 1 is 1.38 bits per heavy atom. The minimum Gasteiger partial charge on any atom is -0.493 e. The third-order valence-electron chi connectivity index (χ3n) is 4.71. The Morgan fingerprint density at radius 2 is 2.25 bits per heavy atom. The van der Waals surface area contributed by atoms with Gasteiger partial charge in [-0.2, -0.15) is 0 Å². The van der Waals surface area contributed by atoms with Crippen molar-refractivity contribution in [1.82, 2.24) is 15.1 Å². The highest BCUT2D eigenvalue weighted by molar-refractivity contribution is 7.13. The number of benzene rings is 1. The van der Waals surface area contributed by atoms with Gasteiger partial charge in [-0.1, -0.05) is 36.3 Å². The van der Waals surface area contributed by atoms with Crippen molar-refractivity contribution in [2.24, 2.45) is 0 Å². The summed E-state index contributed by atoms with van der Waals surface area (Å²) in [6.45, 7) is 1.37. The summed E-state index contributed by atoms with van der Waals surface area (Å²) in [4.78, 5) is 14.7. The summed E-state index contributed by atoms with van der Waals surface area (Å²) in [6.07, 6.45) is 5.45. The Kier molecular flexibility index (Phi) is 4.34. The summed E-state index contributed by atoms with van der Waals surface area (Å²) in [5, 5.41) is 11.1. The normalized spacial score (nSPS) is 16.7. The number of nitrogens with zero attached hydrogens (tertiary/aromatic N) is 3. The monoisotopic (exact) mass is 344 g/mol. The Hall–Kier alpha value is -2.15. The Labute approximate surface area is 144 Å². The molecule has 24 heavy (non-hydrogen) atoms. The summed E-state index contributed by atoms with van der Waals surface area (Å²) >= 11 is 1.34. The number of nitrogens with one attached hydrogen (secondary N) is 1. The number of carbonyl (C=O) groups excluding carboxylic acids is 1. The molecule has 6 nitrogen and oxygen atoms in total. The number of fused-ring (bicyclic) bond motifs is 1. The molecule has 0 bridgehead atoms. The predicted molar refractivity (Wildman–Crippen MR) is 92.4 cm³/mol. The van der Waals surface area contributed by atoms with Crippen LogP contribution < -0.4 is 10.1 Å². The van der Waals surface area contributed by atoms with E-state index in [0.717, 1.165) is 37.2 Å². The van der Waals surface area contributed by atoms with Crippen LogP contribution in [0.2, 0.25) is 0 Å². The zero-order valence-electron chi connectivity index (χ0n) is 13.4. The van der Waals surface area contributed by atoms with Gasteiger partial charge in [-0.25, -0.2) is 4.79 Å². The minimum atomic E-state index is -0.0876. The minimum absolute atomic E-state index is 0.0876. The topological polar surface area (TPSA) is 67.4 Å². The van der Waals surface area contributed by atoms with E-state index in [-0.39, 0.29) is 6.03 Å². The van der Waals surface area contributed by atoms with Gasteiger partial charge in [0.2, 0.25) is 5.13 Å². The van der Waals surface area contributed by atoms with Crippen LogP contribution in [0.4, 0.5) is 9.93 Å². The van der Waals surface area contributed by atoms with Gasteiger partial charge in [0.25, 0.3) is 0 Å². The Morgan fingerprint density at radius 3 is 3.04 bits per heavy atom. The summed E-state index contributed by atoms with van der Waals surface area (Å²) < 4.78 is 5.57. The van der Waals surface area contributed by atoms with Gasteiger partial charge in [0.1, 0.15) is 11.3 Å². The lowest BCUT2D eigenvalue weighted by molar-refractivity contribution is 0.184. The van der Waals surface area contributed by atoms with Crippen LogP contribution in [0.5, 0.6) is 5.75 Å². The fourth-order valence-corrected chi connectivity index (χ4v) is 3.94. The van der Waals surface area contributed by atoms with Crippen molar-refractivity contribution in [3.05, 3.63) is 34.8 Å². The smallest absolute Gasteiger partial charge is 0.324 e. The molecule has 2 amide bonds. The molecule has 1 fully saturated rings. The molecule has 4 rings (SSSR count). The molecule has 2 aromatic rings. The molecule has 2 heterocycles. The second-order valence-electron chi connectivity index (χ2n) is 6.28. The molecular formula is C17H20N4O2S. The van der Waals surface area contributed by atoms with Crippen molar-refractivity contribution < 1.29 is 9.53 Å². The van der Waals surface area contributed by atoms with Crippen molar-refractivity contribution in [2.75, 3.05) is 11.9 Å². The maximum Gasteiger partial charge on any atom is 0.324 e. The molecule has 0 spiro atoms. The highest BCUT2D eigenvalue weighted by Gasteiger charge is 2.27. The van der Waals surface area contributed by atoms with Crippen LogP contribution >= 0.6 is 11.3 Å². The first-order valence-corrected chi connectivity index (χ1v) is 9.26. The fourth-order valence-electron chi connectivity index (χ4n) is 3.51. The SMILES string of the molecule is O=C(Nc1nncs1)N(Cc1ccc2c(c1)CCO2)C1CCCC1. The van der Waals surface area contributed by atoms with Gasteiger partial charge in [-0.15, -0.1) is 10.2 Å². The Bertz CT molecular complexity index is 713. The number of urea groups is 1. The van der Waals surface area contributed by atoms with Gasteiger partial charge in [-0.05, 0) is 30.0 Å². The predicted octanol–water partition coefficient (Wildman–Crippen LogP) is 3.45. The molecule has 126 valence electrons. The number of aromatic nitrogens is 2. The molecule has 1 aromatic heterocycles. The zero-order chi connectivity index (χ0) is 16.4. The first kappa shape index (κ1) is 15.4. The van der Waals surface area contributed by atoms with E-state index in [1.165, 1.54) is 29.7 Å². The van der Waals surface area contributed by atoms with Gasteiger partial charge in [0.15, 0.2) is 0 Å². The van der Waals surface area contributed by atoms with E-state index >= 15 is 0 Å². The van der Waals surface area contributed by atoms with Crippen molar-refractivity contribution in [3.8, 4) is 5.75 Å². The molecule has 7 heteroatoms. The third-order valence-corrected chi connectivity index (χ3v) is 5.31. The quantitative estimate of drug-likeness (QED) is 0.922. The van der Waals surface area contributed by atoms with Crippen LogP contribution in [-0.4, -0.2) is 33.8 Å². The lowest BCUT2D eigenvalue weighted by atomic mass is 10.1. The number of carbonyl (C=O) groups is 1. The van der Waals surface area contributed by atoms with Crippen molar-refractivity contribution in [2.45, 2.75) is 44.7 Å². The second kappa shape index (κ2) is 6.76. The first-order chi connectivity index (χ1) is 11.8. The molecule has 0 radical (unpaired) electrons. The van der Waals surface area contributed by atoms with E-state index < -0.39 is 0 Å². The van der Waals surface area contributed by atoms with Gasteiger partial charge in [-0.3, -0.25) is 5.32 Å². The van der Waals surface area contributed by atoms with Gasteiger partial charge < -0.3 is 9.64 Å². The lowest BCUT2D eigenvalue weighted by Crippen LogP contribution is -2.41. The molecule has 0 saturated heterocycles. The maximum atomic E-state index is 12.8. The van der Waals surface area contributed by atoms with Crippen molar-refractivity contribution in [3.63, 3.8) is 0 Å². The van der Waals surface area contributed by atoms with E-state index in [1.807, 2.05) is 11.0 Å². The lowest BCUT2D eigenvalue weighted by Gasteiger charge is -2.29. The highest BCUT2D eigenvalue weighted by Crippen LogP contribution is 2.29. The van der Waals surface area contributed by atoms with Gasteiger partial charge >= 0.3 is 6.03 Å². The molecule has 0 atom stereocenters. The van der Waals surface area contributed by atoms with Gasteiger partial charge in [0, 0.05) is 19.0 Å². The molecule has 1 N–H and O–H groups in total. The standard InChI is InChI=1S/C17H20N4O2S/c22-17(19-16-20-18-11-24-16)21(14-3-1-2-4-14)10-12-5-6-15-13(9-12)7-8-23-15/h5-6,9,11,14H,1-4,7-8,10H2,(H,19,20,22). The molecule has 1 aromatic carbocycles. The van der Waals surface area contributed by atoms with E-state index in [0.29, 0.717) is 17.7 Å². The largest absolute Gasteiger partial charge is 0.493 e. The van der Waals surface area contributed by atoms with E-state index in [1.54, 1.807) is 5.51 Å². The number of hydrogen-bond donors (Lipinski definition) is 1. The van der Waals surface area contributed by atoms with E-state index in [2.05, 4.69) is 27.6 Å². The number of rotatable bonds is 4. The summed E-state index contributed by atoms with van der Waals surface area (Å²) in [7, 11) is 0. The Balaban J connectivity index is 1.52. The molecule has 1 aliphatic carbocycles. The highest BCUT2D eigenvalue weighted by atomic mass is 32.1. The van der Waals surface area contributed by atoms with Gasteiger partial charge in [0.05, 0.1) is 6.61 Å². The first-order valence-electron chi connectivity index (χ1n) is 8.38. The van der Waals surface area contributed by atoms with Crippen LogP contribution in [0.15, 0.2) is 23.7 Å². The fraction of sp³-hybridized carbons (Fsp3) is 0.471. The average molecular weight is 344 g/mol. The molecular weight excluding hydrogens is 324 g/mol. The number of hydrogen-bond acceptors (Lipinski definition) is 5. The van der Waals surface area contributed by atoms with E-state index in [9.17, 15) is 4.79 Å². The molecule has 2 aliphatic rings. The van der Waals surface area contributed by atoms with Crippen LogP contribution in [0.25, 0.3) is 0 Å². The van der Waals surface area contributed by atoms with Crippen LogP contribution in [0.1, 0.15) is 36.8 Å². The summed E-state index contributed by atoms with van der Waals surface area (Å²) in [5.41, 5.74) is 4.01. The molecule has 0 unspecified atom stereocenters. The second-order valence-corrected chi connectivity index (χ2v) is 7.11. The maximum absolute atomic E-state index is 12.8. The third kappa shape index (κ3) is 3.21. The number of ether oxygens (including phenoxy) is 1.